The Balaban J connectivity index is 2.36. The zero-order valence-electron chi connectivity index (χ0n) is 8.71. The van der Waals surface area contributed by atoms with Crippen molar-refractivity contribution in [2.75, 3.05) is 11.5 Å². The molecule has 0 aliphatic heterocycles. The first-order chi connectivity index (χ1) is 6.55. The molecule has 0 amide bonds. The van der Waals surface area contributed by atoms with E-state index in [-0.39, 0.29) is 11.1 Å². The van der Waals surface area contributed by atoms with Gasteiger partial charge in [-0.1, -0.05) is 19.8 Å². The molecule has 0 saturated heterocycles. The molecule has 0 spiro atoms. The van der Waals surface area contributed by atoms with Crippen molar-refractivity contribution < 1.29 is 8.42 Å². The highest BCUT2D eigenvalue weighted by molar-refractivity contribution is 7.91. The summed E-state index contributed by atoms with van der Waals surface area (Å²) >= 11 is 6.16. The second kappa shape index (κ2) is 5.36. The van der Waals surface area contributed by atoms with Crippen LogP contribution in [0.2, 0.25) is 0 Å². The molecule has 1 fully saturated rings. The highest BCUT2D eigenvalue weighted by atomic mass is 35.5. The van der Waals surface area contributed by atoms with E-state index in [4.69, 9.17) is 11.6 Å². The average Bonchev–Trinajstić information content (AvgIpc) is 2.17. The van der Waals surface area contributed by atoms with E-state index in [0.29, 0.717) is 11.7 Å². The number of hydrogen-bond acceptors (Lipinski definition) is 2. The van der Waals surface area contributed by atoms with Gasteiger partial charge in [-0.05, 0) is 25.2 Å². The van der Waals surface area contributed by atoms with Crippen LogP contribution < -0.4 is 0 Å². The molecule has 1 rings (SSSR count). The van der Waals surface area contributed by atoms with Gasteiger partial charge in [-0.2, -0.15) is 0 Å². The molecular weight excluding hydrogens is 220 g/mol. The van der Waals surface area contributed by atoms with Crippen molar-refractivity contribution in [3.63, 3.8) is 0 Å². The molecule has 1 saturated carbocycles. The van der Waals surface area contributed by atoms with Gasteiger partial charge in [0.15, 0.2) is 0 Å². The Kier molecular flexibility index (Phi) is 4.71. The third-order valence-corrected chi connectivity index (χ3v) is 5.37. The summed E-state index contributed by atoms with van der Waals surface area (Å²) in [5.41, 5.74) is 0. The van der Waals surface area contributed by atoms with Gasteiger partial charge in [0.2, 0.25) is 0 Å². The molecule has 0 radical (unpaired) electrons. The molecule has 2 unspecified atom stereocenters. The van der Waals surface area contributed by atoms with Crippen LogP contribution in [0, 0.1) is 5.92 Å². The van der Waals surface area contributed by atoms with Crippen molar-refractivity contribution in [3.8, 4) is 0 Å². The van der Waals surface area contributed by atoms with Gasteiger partial charge in [-0.3, -0.25) is 0 Å². The fourth-order valence-corrected chi connectivity index (χ4v) is 3.32. The van der Waals surface area contributed by atoms with Crippen LogP contribution in [0.5, 0.6) is 0 Å². The Bertz CT molecular complexity index is 261. The maximum absolute atomic E-state index is 11.3. The van der Waals surface area contributed by atoms with Crippen molar-refractivity contribution in [2.45, 2.75) is 44.4 Å². The molecule has 0 N–H and O–H groups in total. The lowest BCUT2D eigenvalue weighted by Crippen LogP contribution is -2.23. The predicted molar refractivity (Wildman–Crippen MR) is 60.5 cm³/mol. The summed E-state index contributed by atoms with van der Waals surface area (Å²) in [6.45, 7) is 1.70. The van der Waals surface area contributed by atoms with Crippen molar-refractivity contribution >= 4 is 21.4 Å². The summed E-state index contributed by atoms with van der Waals surface area (Å²) in [5, 5.41) is 0.204. The highest BCUT2D eigenvalue weighted by Crippen LogP contribution is 2.31. The fraction of sp³-hybridized carbons (Fsp3) is 1.00. The first-order valence-corrected chi connectivity index (χ1v) is 7.65. The Morgan fingerprint density at radius 1 is 1.29 bits per heavy atom. The van der Waals surface area contributed by atoms with Gasteiger partial charge >= 0.3 is 0 Å². The molecule has 0 heterocycles. The van der Waals surface area contributed by atoms with Crippen molar-refractivity contribution in [2.24, 2.45) is 5.92 Å². The number of rotatable bonds is 4. The van der Waals surface area contributed by atoms with Gasteiger partial charge in [-0.15, -0.1) is 11.6 Å². The summed E-state index contributed by atoms with van der Waals surface area (Å²) in [4.78, 5) is 0. The van der Waals surface area contributed by atoms with E-state index >= 15 is 0 Å². The van der Waals surface area contributed by atoms with E-state index in [1.165, 1.54) is 12.8 Å². The normalized spacial score (nSPS) is 29.0. The van der Waals surface area contributed by atoms with E-state index in [2.05, 4.69) is 0 Å². The molecule has 0 aromatic rings. The van der Waals surface area contributed by atoms with E-state index in [1.54, 1.807) is 6.92 Å². The van der Waals surface area contributed by atoms with E-state index in [9.17, 15) is 8.42 Å². The lowest BCUT2D eigenvalue weighted by Gasteiger charge is -2.26. The topological polar surface area (TPSA) is 34.1 Å². The van der Waals surface area contributed by atoms with E-state index in [0.717, 1.165) is 19.3 Å². The number of hydrogen-bond donors (Lipinski definition) is 0. The van der Waals surface area contributed by atoms with Gasteiger partial charge in [0.05, 0.1) is 5.75 Å². The maximum atomic E-state index is 11.3. The molecule has 1 aliphatic rings. The summed E-state index contributed by atoms with van der Waals surface area (Å²) in [6.07, 6.45) is 5.32. The second-order valence-electron chi connectivity index (χ2n) is 4.09. The lowest BCUT2D eigenvalue weighted by atomic mass is 9.87. The summed E-state index contributed by atoms with van der Waals surface area (Å²) in [7, 11) is -2.80. The molecule has 1 aliphatic carbocycles. The number of alkyl halides is 1. The van der Waals surface area contributed by atoms with Crippen LogP contribution in [0.1, 0.15) is 39.0 Å². The molecular formula is C10H19ClO2S. The van der Waals surface area contributed by atoms with Crippen molar-refractivity contribution in [1.82, 2.24) is 0 Å². The molecule has 0 bridgehead atoms. The van der Waals surface area contributed by atoms with Crippen LogP contribution in [-0.4, -0.2) is 25.3 Å². The fourth-order valence-electron chi connectivity index (χ4n) is 1.96. The maximum Gasteiger partial charge on any atom is 0.150 e. The van der Waals surface area contributed by atoms with Crippen molar-refractivity contribution in [3.05, 3.63) is 0 Å². The molecule has 4 heteroatoms. The number of sulfone groups is 1. The zero-order chi connectivity index (χ0) is 10.6. The van der Waals surface area contributed by atoms with E-state index in [1.807, 2.05) is 0 Å². The molecule has 0 aromatic heterocycles. The first kappa shape index (κ1) is 12.3. The Morgan fingerprint density at radius 2 is 1.93 bits per heavy atom. The van der Waals surface area contributed by atoms with Crippen LogP contribution in [0.15, 0.2) is 0 Å². The Hall–Kier alpha value is 0.240. The minimum absolute atomic E-state index is 0.204. The smallest absolute Gasteiger partial charge is 0.150 e. The van der Waals surface area contributed by atoms with Gasteiger partial charge in [0.25, 0.3) is 0 Å². The average molecular weight is 239 g/mol. The Morgan fingerprint density at radius 3 is 2.50 bits per heavy atom. The van der Waals surface area contributed by atoms with Crippen LogP contribution in [0.4, 0.5) is 0 Å². The molecule has 2 atom stereocenters. The molecule has 2 nitrogen and oxygen atoms in total. The highest BCUT2D eigenvalue weighted by Gasteiger charge is 2.24. The van der Waals surface area contributed by atoms with Crippen LogP contribution in [0.3, 0.4) is 0 Å². The van der Waals surface area contributed by atoms with Crippen LogP contribution in [-0.2, 0) is 9.84 Å². The zero-order valence-corrected chi connectivity index (χ0v) is 10.3. The van der Waals surface area contributed by atoms with E-state index < -0.39 is 9.84 Å². The SMILES string of the molecule is CCS(=O)(=O)CCC1CCCCC1Cl. The molecule has 14 heavy (non-hydrogen) atoms. The predicted octanol–water partition coefficient (Wildman–Crippen LogP) is 2.61. The standard InChI is InChI=1S/C10H19ClO2S/c1-2-14(12,13)8-7-9-5-3-4-6-10(9)11/h9-10H,2-8H2,1H3. The van der Waals surface area contributed by atoms with Crippen LogP contribution >= 0.6 is 11.6 Å². The third kappa shape index (κ3) is 3.77. The van der Waals surface area contributed by atoms with Crippen LogP contribution in [0.25, 0.3) is 0 Å². The monoisotopic (exact) mass is 238 g/mol. The quantitative estimate of drug-likeness (QED) is 0.706. The largest absolute Gasteiger partial charge is 0.229 e. The van der Waals surface area contributed by atoms with Gasteiger partial charge in [0.1, 0.15) is 9.84 Å². The number of halogens is 1. The second-order valence-corrected chi connectivity index (χ2v) is 7.12. The molecule has 0 aromatic carbocycles. The third-order valence-electron chi connectivity index (χ3n) is 3.06. The Labute approximate surface area is 91.9 Å². The summed E-state index contributed by atoms with van der Waals surface area (Å²) in [6, 6.07) is 0. The summed E-state index contributed by atoms with van der Waals surface area (Å²) in [5.74, 6) is 0.996. The van der Waals surface area contributed by atoms with Gasteiger partial charge in [-0.25, -0.2) is 8.42 Å². The van der Waals surface area contributed by atoms with Gasteiger partial charge < -0.3 is 0 Å². The minimum Gasteiger partial charge on any atom is -0.229 e. The molecule has 84 valence electrons. The first-order valence-electron chi connectivity index (χ1n) is 5.39. The lowest BCUT2D eigenvalue weighted by molar-refractivity contribution is 0.357. The minimum atomic E-state index is -2.80. The van der Waals surface area contributed by atoms with Crippen molar-refractivity contribution in [1.29, 1.82) is 0 Å². The summed E-state index contributed by atoms with van der Waals surface area (Å²) < 4.78 is 22.6. The van der Waals surface area contributed by atoms with Gasteiger partial charge in [0, 0.05) is 11.1 Å².